The van der Waals surface area contributed by atoms with Gasteiger partial charge in [0.1, 0.15) is 12.4 Å². The Morgan fingerprint density at radius 1 is 0.857 bits per heavy atom. The Bertz CT molecular complexity index is 938. The standard InChI is InChI=1S/C21H16Cl2I2N2O/c22-17-5-1-14(2-6-17)11-26-27-12-16-9-19(24)21(20(25)10-16)28-13-15-3-7-18(23)8-4-15/h1-10,12,26H,11,13H2/b27-12-. The zero-order valence-electron chi connectivity index (χ0n) is 14.6. The summed E-state index contributed by atoms with van der Waals surface area (Å²) < 4.78 is 8.09. The Labute approximate surface area is 201 Å². The Morgan fingerprint density at radius 3 is 1.96 bits per heavy atom. The number of nitrogens with one attached hydrogen (secondary N) is 1. The molecule has 3 nitrogen and oxygen atoms in total. The Morgan fingerprint density at radius 2 is 1.39 bits per heavy atom. The van der Waals surface area contributed by atoms with Crippen LogP contribution in [-0.2, 0) is 13.2 Å². The Balaban J connectivity index is 1.59. The number of hydrogen-bond donors (Lipinski definition) is 1. The third-order valence-corrected chi connectivity index (χ3v) is 5.92. The maximum absolute atomic E-state index is 6.01. The first-order valence-electron chi connectivity index (χ1n) is 8.38. The maximum atomic E-state index is 6.01. The molecular weight excluding hydrogens is 621 g/mol. The van der Waals surface area contributed by atoms with E-state index in [-0.39, 0.29) is 0 Å². The zero-order valence-corrected chi connectivity index (χ0v) is 20.5. The summed E-state index contributed by atoms with van der Waals surface area (Å²) >= 11 is 16.4. The van der Waals surface area contributed by atoms with Gasteiger partial charge in [0.2, 0.25) is 0 Å². The van der Waals surface area contributed by atoms with Crippen molar-refractivity contribution in [2.24, 2.45) is 5.10 Å². The van der Waals surface area contributed by atoms with Crippen LogP contribution in [0.25, 0.3) is 0 Å². The number of hydrogen-bond acceptors (Lipinski definition) is 3. The van der Waals surface area contributed by atoms with Gasteiger partial charge in [-0.2, -0.15) is 5.10 Å². The first-order chi connectivity index (χ1) is 13.5. The number of ether oxygens (including phenoxy) is 1. The molecule has 0 radical (unpaired) electrons. The lowest BCUT2D eigenvalue weighted by Crippen LogP contribution is -2.05. The minimum Gasteiger partial charge on any atom is -0.487 e. The molecule has 0 aliphatic heterocycles. The van der Waals surface area contributed by atoms with Crippen molar-refractivity contribution in [1.82, 2.24) is 5.43 Å². The number of benzene rings is 3. The molecule has 0 fully saturated rings. The second-order valence-corrected chi connectivity index (χ2v) is 9.15. The molecule has 0 bridgehead atoms. The molecule has 7 heteroatoms. The predicted octanol–water partition coefficient (Wildman–Crippen LogP) is 6.91. The van der Waals surface area contributed by atoms with Crippen LogP contribution >= 0.6 is 68.4 Å². The van der Waals surface area contributed by atoms with Gasteiger partial charge in [0.25, 0.3) is 0 Å². The number of halogens is 4. The normalized spacial score (nSPS) is 11.0. The van der Waals surface area contributed by atoms with Gasteiger partial charge < -0.3 is 10.2 Å². The zero-order chi connectivity index (χ0) is 19.9. The fourth-order valence-electron chi connectivity index (χ4n) is 2.39. The predicted molar refractivity (Wildman–Crippen MR) is 134 cm³/mol. The lowest BCUT2D eigenvalue weighted by atomic mass is 10.2. The van der Waals surface area contributed by atoms with E-state index in [1.807, 2.05) is 66.9 Å². The van der Waals surface area contributed by atoms with Crippen molar-refractivity contribution >= 4 is 74.6 Å². The molecule has 0 aromatic heterocycles. The second-order valence-electron chi connectivity index (χ2n) is 5.95. The van der Waals surface area contributed by atoms with E-state index >= 15 is 0 Å². The van der Waals surface area contributed by atoms with Gasteiger partial charge >= 0.3 is 0 Å². The highest BCUT2D eigenvalue weighted by Gasteiger charge is 2.09. The number of nitrogens with zero attached hydrogens (tertiary/aromatic N) is 1. The fraction of sp³-hybridized carbons (Fsp3) is 0.0952. The highest BCUT2D eigenvalue weighted by molar-refractivity contribution is 14.1. The van der Waals surface area contributed by atoms with Crippen LogP contribution in [0, 0.1) is 7.14 Å². The molecule has 144 valence electrons. The largest absolute Gasteiger partial charge is 0.487 e. The van der Waals surface area contributed by atoms with E-state index in [1.54, 1.807) is 0 Å². The lowest BCUT2D eigenvalue weighted by molar-refractivity contribution is 0.302. The molecule has 0 saturated heterocycles. The molecule has 0 aliphatic carbocycles. The van der Waals surface area contributed by atoms with Crippen LogP contribution in [0.4, 0.5) is 0 Å². The number of hydrazone groups is 1. The van der Waals surface area contributed by atoms with Gasteiger partial charge in [-0.15, -0.1) is 0 Å². The van der Waals surface area contributed by atoms with Crippen molar-refractivity contribution in [1.29, 1.82) is 0 Å². The van der Waals surface area contributed by atoms with E-state index in [0.29, 0.717) is 13.2 Å². The van der Waals surface area contributed by atoms with Gasteiger partial charge in [-0.3, -0.25) is 0 Å². The van der Waals surface area contributed by atoms with Crippen LogP contribution in [0.2, 0.25) is 10.0 Å². The molecule has 0 atom stereocenters. The maximum Gasteiger partial charge on any atom is 0.146 e. The van der Waals surface area contributed by atoms with Crippen molar-refractivity contribution in [3.05, 3.63) is 94.5 Å². The van der Waals surface area contributed by atoms with Gasteiger partial charge in [-0.1, -0.05) is 47.5 Å². The molecule has 0 unspecified atom stereocenters. The average Bonchev–Trinajstić information content (AvgIpc) is 2.67. The van der Waals surface area contributed by atoms with Gasteiger partial charge in [-0.25, -0.2) is 0 Å². The molecule has 0 saturated carbocycles. The van der Waals surface area contributed by atoms with Crippen molar-refractivity contribution in [2.45, 2.75) is 13.2 Å². The Kier molecular flexibility index (Phi) is 8.25. The van der Waals surface area contributed by atoms with E-state index in [9.17, 15) is 0 Å². The van der Waals surface area contributed by atoms with E-state index in [4.69, 9.17) is 27.9 Å². The summed E-state index contributed by atoms with van der Waals surface area (Å²) in [6.45, 7) is 1.14. The molecule has 0 aliphatic rings. The summed E-state index contributed by atoms with van der Waals surface area (Å²) in [5.41, 5.74) is 6.26. The minimum absolute atomic E-state index is 0.499. The minimum atomic E-state index is 0.499. The van der Waals surface area contributed by atoms with Crippen LogP contribution in [0.15, 0.2) is 65.8 Å². The molecule has 3 aromatic rings. The summed E-state index contributed by atoms with van der Waals surface area (Å²) in [4.78, 5) is 0. The first-order valence-corrected chi connectivity index (χ1v) is 11.3. The third-order valence-electron chi connectivity index (χ3n) is 3.82. The van der Waals surface area contributed by atoms with Crippen molar-refractivity contribution in [3.8, 4) is 5.75 Å². The molecule has 0 amide bonds. The quantitative estimate of drug-likeness (QED) is 0.174. The van der Waals surface area contributed by atoms with E-state index in [0.717, 1.165) is 39.6 Å². The summed E-state index contributed by atoms with van der Waals surface area (Å²) in [6.07, 6.45) is 1.81. The summed E-state index contributed by atoms with van der Waals surface area (Å²) in [5.74, 6) is 0.877. The van der Waals surface area contributed by atoms with Crippen LogP contribution in [0.3, 0.4) is 0 Å². The molecular formula is C21H16Cl2I2N2O. The molecule has 3 aromatic carbocycles. The molecule has 0 heterocycles. The monoisotopic (exact) mass is 636 g/mol. The van der Waals surface area contributed by atoms with Gasteiger partial charge in [-0.05, 0) is 98.3 Å². The second kappa shape index (κ2) is 10.7. The SMILES string of the molecule is Clc1ccc(CN/N=C\c2cc(I)c(OCc3ccc(Cl)cc3)c(I)c2)cc1. The molecule has 3 rings (SSSR count). The summed E-state index contributed by atoms with van der Waals surface area (Å²) in [6, 6.07) is 19.5. The van der Waals surface area contributed by atoms with Crippen LogP contribution < -0.4 is 10.2 Å². The molecule has 1 N–H and O–H groups in total. The smallest absolute Gasteiger partial charge is 0.146 e. The van der Waals surface area contributed by atoms with Gasteiger partial charge in [0, 0.05) is 10.0 Å². The van der Waals surface area contributed by atoms with E-state index in [2.05, 4.69) is 55.7 Å². The topological polar surface area (TPSA) is 33.6 Å². The van der Waals surface area contributed by atoms with E-state index < -0.39 is 0 Å². The van der Waals surface area contributed by atoms with Crippen LogP contribution in [0.5, 0.6) is 5.75 Å². The molecule has 28 heavy (non-hydrogen) atoms. The highest BCUT2D eigenvalue weighted by Crippen LogP contribution is 2.29. The fourth-order valence-corrected chi connectivity index (χ4v) is 4.77. The van der Waals surface area contributed by atoms with Gasteiger partial charge in [0.15, 0.2) is 0 Å². The molecule has 0 spiro atoms. The first kappa shape index (κ1) is 21.7. The summed E-state index contributed by atoms with van der Waals surface area (Å²) in [5, 5.41) is 5.76. The third kappa shape index (κ3) is 6.50. The summed E-state index contributed by atoms with van der Waals surface area (Å²) in [7, 11) is 0. The van der Waals surface area contributed by atoms with Gasteiger partial charge in [0.05, 0.1) is 19.9 Å². The van der Waals surface area contributed by atoms with Crippen molar-refractivity contribution in [3.63, 3.8) is 0 Å². The lowest BCUT2D eigenvalue weighted by Gasteiger charge is -2.11. The highest BCUT2D eigenvalue weighted by atomic mass is 127. The van der Waals surface area contributed by atoms with E-state index in [1.165, 1.54) is 0 Å². The van der Waals surface area contributed by atoms with Crippen LogP contribution in [0.1, 0.15) is 16.7 Å². The number of rotatable bonds is 7. The average molecular weight is 637 g/mol. The van der Waals surface area contributed by atoms with Crippen molar-refractivity contribution < 1.29 is 4.74 Å². The van der Waals surface area contributed by atoms with Crippen molar-refractivity contribution in [2.75, 3.05) is 0 Å². The Hall–Kier alpha value is -1.03. The van der Waals surface area contributed by atoms with Crippen LogP contribution in [-0.4, -0.2) is 6.21 Å².